The molecule has 0 spiro atoms. The molecular formula is C17H15FO. The van der Waals surface area contributed by atoms with Gasteiger partial charge in [0.05, 0.1) is 0 Å². The van der Waals surface area contributed by atoms with Crippen molar-refractivity contribution in [3.63, 3.8) is 0 Å². The minimum absolute atomic E-state index is 0.00658. The first-order chi connectivity index (χ1) is 9.25. The van der Waals surface area contributed by atoms with Crippen LogP contribution in [0.2, 0.25) is 0 Å². The number of benzene rings is 2. The fraction of sp³-hybridized carbons (Fsp3) is 0.118. The lowest BCUT2D eigenvalue weighted by Crippen LogP contribution is -1.97. The van der Waals surface area contributed by atoms with Crippen LogP contribution in [0, 0.1) is 5.82 Å². The molecule has 0 aliphatic carbocycles. The lowest BCUT2D eigenvalue weighted by atomic mass is 10.1. The summed E-state index contributed by atoms with van der Waals surface area (Å²) in [5.74, 6) is -0.241. The van der Waals surface area contributed by atoms with Crippen LogP contribution in [0.15, 0.2) is 60.7 Å². The lowest BCUT2D eigenvalue weighted by Gasteiger charge is -2.00. The molecule has 2 heteroatoms. The van der Waals surface area contributed by atoms with E-state index in [1.165, 1.54) is 6.07 Å². The number of halogens is 1. The molecule has 0 aliphatic heterocycles. The molecule has 0 aliphatic rings. The largest absolute Gasteiger partial charge is 0.295 e. The highest BCUT2D eigenvalue weighted by atomic mass is 19.1. The van der Waals surface area contributed by atoms with E-state index >= 15 is 0 Å². The van der Waals surface area contributed by atoms with Crippen LogP contribution < -0.4 is 0 Å². The molecule has 0 aromatic heterocycles. The summed E-state index contributed by atoms with van der Waals surface area (Å²) in [6, 6.07) is 16.2. The van der Waals surface area contributed by atoms with Crippen molar-refractivity contribution < 1.29 is 9.18 Å². The van der Waals surface area contributed by atoms with Gasteiger partial charge in [0, 0.05) is 6.42 Å². The van der Waals surface area contributed by atoms with Crippen molar-refractivity contribution in [2.24, 2.45) is 0 Å². The second-order valence-electron chi connectivity index (χ2n) is 4.30. The second kappa shape index (κ2) is 6.64. The second-order valence-corrected chi connectivity index (χ2v) is 4.30. The summed E-state index contributed by atoms with van der Waals surface area (Å²) in [7, 11) is 0. The summed E-state index contributed by atoms with van der Waals surface area (Å²) >= 11 is 0. The SMILES string of the molecule is O=C(/C=C/c1ccccc1)CCc1ccccc1F. The Labute approximate surface area is 112 Å². The molecule has 19 heavy (non-hydrogen) atoms. The minimum atomic E-state index is -0.248. The smallest absolute Gasteiger partial charge is 0.156 e. The number of rotatable bonds is 5. The highest BCUT2D eigenvalue weighted by Gasteiger charge is 2.03. The third-order valence-electron chi connectivity index (χ3n) is 2.86. The van der Waals surface area contributed by atoms with Crippen LogP contribution in [0.25, 0.3) is 6.08 Å². The Hall–Kier alpha value is -2.22. The van der Waals surface area contributed by atoms with Gasteiger partial charge in [-0.25, -0.2) is 4.39 Å². The van der Waals surface area contributed by atoms with Crippen molar-refractivity contribution in [2.45, 2.75) is 12.8 Å². The maximum atomic E-state index is 13.4. The molecule has 0 saturated carbocycles. The number of hydrogen-bond acceptors (Lipinski definition) is 1. The third kappa shape index (κ3) is 4.18. The molecule has 1 nitrogen and oxygen atoms in total. The van der Waals surface area contributed by atoms with Crippen LogP contribution in [0.1, 0.15) is 17.5 Å². The highest BCUT2D eigenvalue weighted by Crippen LogP contribution is 2.09. The van der Waals surface area contributed by atoms with Crippen molar-refractivity contribution in [3.8, 4) is 0 Å². The average molecular weight is 254 g/mol. The van der Waals surface area contributed by atoms with Gasteiger partial charge in [0.1, 0.15) is 5.82 Å². The van der Waals surface area contributed by atoms with Gasteiger partial charge in [-0.15, -0.1) is 0 Å². The van der Waals surface area contributed by atoms with E-state index in [2.05, 4.69) is 0 Å². The lowest BCUT2D eigenvalue weighted by molar-refractivity contribution is -0.114. The van der Waals surface area contributed by atoms with Crippen molar-refractivity contribution in [1.82, 2.24) is 0 Å². The standard InChI is InChI=1S/C17H15FO/c18-17-9-5-4-8-15(17)11-13-16(19)12-10-14-6-2-1-3-7-14/h1-10,12H,11,13H2/b12-10+. The fourth-order valence-corrected chi connectivity index (χ4v) is 1.80. The van der Waals surface area contributed by atoms with Gasteiger partial charge in [0.15, 0.2) is 5.78 Å². The van der Waals surface area contributed by atoms with E-state index in [0.29, 0.717) is 18.4 Å². The third-order valence-corrected chi connectivity index (χ3v) is 2.86. The van der Waals surface area contributed by atoms with E-state index in [0.717, 1.165) is 5.56 Å². The summed E-state index contributed by atoms with van der Waals surface area (Å²) < 4.78 is 13.4. The monoisotopic (exact) mass is 254 g/mol. The fourth-order valence-electron chi connectivity index (χ4n) is 1.80. The molecule has 0 unspecified atom stereocenters. The first-order valence-corrected chi connectivity index (χ1v) is 6.25. The molecule has 2 aromatic rings. The van der Waals surface area contributed by atoms with Crippen LogP contribution in [0.4, 0.5) is 4.39 Å². The van der Waals surface area contributed by atoms with Crippen LogP contribution in [0.3, 0.4) is 0 Å². The van der Waals surface area contributed by atoms with Crippen LogP contribution >= 0.6 is 0 Å². The Morgan fingerprint density at radius 3 is 2.42 bits per heavy atom. The summed E-state index contributed by atoms with van der Waals surface area (Å²) in [6.45, 7) is 0. The molecule has 0 atom stereocenters. The van der Waals surface area contributed by atoms with E-state index in [9.17, 15) is 9.18 Å². The van der Waals surface area contributed by atoms with Crippen molar-refractivity contribution >= 4 is 11.9 Å². The first kappa shape index (κ1) is 13.2. The van der Waals surface area contributed by atoms with E-state index < -0.39 is 0 Å². The van der Waals surface area contributed by atoms with Gasteiger partial charge < -0.3 is 0 Å². The Kier molecular flexibility index (Phi) is 4.62. The van der Waals surface area contributed by atoms with E-state index in [1.54, 1.807) is 30.4 Å². The molecule has 0 N–H and O–H groups in total. The number of aryl methyl sites for hydroxylation is 1. The molecule has 2 aromatic carbocycles. The van der Waals surface area contributed by atoms with Crippen LogP contribution in [-0.4, -0.2) is 5.78 Å². The van der Waals surface area contributed by atoms with Gasteiger partial charge in [0.2, 0.25) is 0 Å². The number of carbonyl (C=O) groups is 1. The quantitative estimate of drug-likeness (QED) is 0.736. The Bertz CT molecular complexity index is 573. The van der Waals surface area contributed by atoms with Gasteiger partial charge in [-0.1, -0.05) is 54.6 Å². The zero-order chi connectivity index (χ0) is 13.5. The Morgan fingerprint density at radius 2 is 1.68 bits per heavy atom. The molecule has 0 saturated heterocycles. The van der Waals surface area contributed by atoms with E-state index in [-0.39, 0.29) is 11.6 Å². The molecule has 0 radical (unpaired) electrons. The zero-order valence-corrected chi connectivity index (χ0v) is 10.6. The molecule has 0 heterocycles. The molecule has 0 amide bonds. The zero-order valence-electron chi connectivity index (χ0n) is 10.6. The number of carbonyl (C=O) groups excluding carboxylic acids is 1. The molecule has 0 bridgehead atoms. The molecule has 0 fully saturated rings. The Morgan fingerprint density at radius 1 is 1.00 bits per heavy atom. The van der Waals surface area contributed by atoms with E-state index in [1.807, 2.05) is 30.3 Å². The van der Waals surface area contributed by atoms with Crippen molar-refractivity contribution in [3.05, 3.63) is 77.6 Å². The van der Waals surface area contributed by atoms with Crippen LogP contribution in [-0.2, 0) is 11.2 Å². The topological polar surface area (TPSA) is 17.1 Å². The van der Waals surface area contributed by atoms with Gasteiger partial charge in [0.25, 0.3) is 0 Å². The maximum absolute atomic E-state index is 13.4. The summed E-state index contributed by atoms with van der Waals surface area (Å²) in [5.41, 5.74) is 1.57. The molecule has 96 valence electrons. The minimum Gasteiger partial charge on any atom is -0.295 e. The maximum Gasteiger partial charge on any atom is 0.156 e. The molecule has 2 rings (SSSR count). The summed E-state index contributed by atoms with van der Waals surface area (Å²) in [4.78, 5) is 11.7. The van der Waals surface area contributed by atoms with Gasteiger partial charge >= 0.3 is 0 Å². The number of allylic oxidation sites excluding steroid dienone is 1. The normalized spacial score (nSPS) is 10.8. The average Bonchev–Trinajstić information content (AvgIpc) is 2.45. The summed E-state index contributed by atoms with van der Waals surface area (Å²) in [6.07, 6.45) is 4.09. The number of hydrogen-bond donors (Lipinski definition) is 0. The van der Waals surface area contributed by atoms with E-state index in [4.69, 9.17) is 0 Å². The van der Waals surface area contributed by atoms with Gasteiger partial charge in [-0.3, -0.25) is 4.79 Å². The predicted molar refractivity (Wildman–Crippen MR) is 75.2 cm³/mol. The van der Waals surface area contributed by atoms with Crippen molar-refractivity contribution in [2.75, 3.05) is 0 Å². The van der Waals surface area contributed by atoms with Gasteiger partial charge in [-0.05, 0) is 29.7 Å². The predicted octanol–water partition coefficient (Wildman–Crippen LogP) is 4.04. The van der Waals surface area contributed by atoms with Gasteiger partial charge in [-0.2, -0.15) is 0 Å². The van der Waals surface area contributed by atoms with Crippen molar-refractivity contribution in [1.29, 1.82) is 0 Å². The number of ketones is 1. The van der Waals surface area contributed by atoms with Crippen LogP contribution in [0.5, 0.6) is 0 Å². The first-order valence-electron chi connectivity index (χ1n) is 6.25. The molecular weight excluding hydrogens is 239 g/mol. The summed E-state index contributed by atoms with van der Waals surface area (Å²) in [5, 5.41) is 0. The Balaban J connectivity index is 1.89. The highest BCUT2D eigenvalue weighted by molar-refractivity contribution is 5.93.